The van der Waals surface area contributed by atoms with Crippen LogP contribution < -0.4 is 11.2 Å². The van der Waals surface area contributed by atoms with Gasteiger partial charge in [0, 0.05) is 6.20 Å². The van der Waals surface area contributed by atoms with Gasteiger partial charge in [-0.3, -0.25) is 9.78 Å². The van der Waals surface area contributed by atoms with Gasteiger partial charge >= 0.3 is 17.6 Å². The van der Waals surface area contributed by atoms with Gasteiger partial charge in [0.05, 0.1) is 13.2 Å². The molecular weight excluding hydrogens is 461 g/mol. The lowest BCUT2D eigenvalue weighted by atomic mass is 10.00. The van der Waals surface area contributed by atoms with E-state index in [0.717, 1.165) is 5.56 Å². The van der Waals surface area contributed by atoms with Gasteiger partial charge in [-0.25, -0.2) is 18.5 Å². The van der Waals surface area contributed by atoms with Crippen LogP contribution in [0.5, 0.6) is 0 Å². The van der Waals surface area contributed by atoms with Crippen molar-refractivity contribution in [3.8, 4) is 0 Å². The van der Waals surface area contributed by atoms with Crippen LogP contribution in [0.3, 0.4) is 0 Å². The van der Waals surface area contributed by atoms with Crippen LogP contribution in [-0.4, -0.2) is 84.0 Å². The second kappa shape index (κ2) is 9.71. The van der Waals surface area contributed by atoms with Crippen molar-refractivity contribution in [3.05, 3.63) is 68.0 Å². The van der Waals surface area contributed by atoms with Crippen molar-refractivity contribution in [3.63, 3.8) is 0 Å². The summed E-state index contributed by atoms with van der Waals surface area (Å²) in [6.45, 7) is -1.46. The van der Waals surface area contributed by atoms with Crippen molar-refractivity contribution in [2.75, 3.05) is 19.9 Å². The lowest BCUT2D eigenvalue weighted by Crippen LogP contribution is -2.68. The molecule has 14 heteroatoms. The van der Waals surface area contributed by atoms with Crippen molar-refractivity contribution < 1.29 is 44.3 Å². The smallest absolute Gasteiger partial charge is 0.345 e. The summed E-state index contributed by atoms with van der Waals surface area (Å²) in [5.41, 5.74) is -5.54. The number of aromatic nitrogens is 2. The predicted octanol–water partition coefficient (Wildman–Crippen LogP) is -2.09. The van der Waals surface area contributed by atoms with Gasteiger partial charge in [0.1, 0.15) is 31.1 Å². The van der Waals surface area contributed by atoms with E-state index in [4.69, 9.17) is 4.74 Å². The Morgan fingerprint density at radius 3 is 2.68 bits per heavy atom. The van der Waals surface area contributed by atoms with Crippen LogP contribution >= 0.6 is 0 Å². The van der Waals surface area contributed by atoms with Gasteiger partial charge in [-0.15, -0.1) is 5.06 Å². The second-order valence-corrected chi connectivity index (χ2v) is 7.66. The fourth-order valence-electron chi connectivity index (χ4n) is 3.66. The van der Waals surface area contributed by atoms with E-state index in [1.165, 1.54) is 0 Å². The molecule has 1 fully saturated rings. The summed E-state index contributed by atoms with van der Waals surface area (Å²) in [5, 5.41) is 53.6. The van der Waals surface area contributed by atoms with Crippen molar-refractivity contribution in [1.82, 2.24) is 14.6 Å². The average Bonchev–Trinajstić information content (AvgIpc) is 2.99. The molecule has 13 nitrogen and oxygen atoms in total. The molecule has 6 N–H and O–H groups in total. The molecule has 0 unspecified atom stereocenters. The molecule has 0 radical (unpaired) electrons. The zero-order valence-corrected chi connectivity index (χ0v) is 17.9. The molecule has 0 saturated carbocycles. The quantitative estimate of drug-likeness (QED) is 0.136. The number of carbonyl (C=O) groups excluding carboxylic acids is 1. The molecule has 4 atom stereocenters. The van der Waals surface area contributed by atoms with E-state index in [1.807, 2.05) is 0 Å². The van der Waals surface area contributed by atoms with Crippen molar-refractivity contribution in [2.24, 2.45) is 0 Å². The number of hydrogen-bond donors (Lipinski definition) is 6. The first-order valence-corrected chi connectivity index (χ1v) is 10.0. The Morgan fingerprint density at radius 2 is 2.06 bits per heavy atom. The number of alkyl halides is 1. The molecule has 1 aliphatic rings. The third-order valence-electron chi connectivity index (χ3n) is 5.35. The lowest BCUT2D eigenvalue weighted by Gasteiger charge is -2.42. The third kappa shape index (κ3) is 4.27. The van der Waals surface area contributed by atoms with Gasteiger partial charge in [-0.2, -0.15) is 0 Å². The number of aromatic amines is 1. The molecule has 1 saturated heterocycles. The van der Waals surface area contributed by atoms with Gasteiger partial charge in [0.2, 0.25) is 5.72 Å². The number of H-pyrrole nitrogens is 1. The van der Waals surface area contributed by atoms with E-state index < -0.39 is 73.1 Å². The third-order valence-corrected chi connectivity index (χ3v) is 5.35. The van der Waals surface area contributed by atoms with E-state index in [-0.39, 0.29) is 9.63 Å². The molecule has 0 bridgehead atoms. The molecular formula is C20H24FN3O10. The number of nitrogens with zero attached hydrogens (tertiary/aromatic N) is 2. The zero-order chi connectivity index (χ0) is 25.3. The summed E-state index contributed by atoms with van der Waals surface area (Å²) < 4.78 is 22.2. The van der Waals surface area contributed by atoms with Crippen LogP contribution in [0.25, 0.3) is 0 Å². The van der Waals surface area contributed by atoms with Crippen LogP contribution in [0, 0.1) is 6.92 Å². The van der Waals surface area contributed by atoms with Gasteiger partial charge in [0.25, 0.3) is 5.56 Å². The van der Waals surface area contributed by atoms with Gasteiger partial charge in [-0.05, 0) is 12.5 Å². The molecule has 0 aliphatic carbocycles. The summed E-state index contributed by atoms with van der Waals surface area (Å²) in [7, 11) is 0. The van der Waals surface area contributed by atoms with E-state index in [0.29, 0.717) is 11.8 Å². The number of aliphatic hydroxyl groups excluding tert-OH is 2. The number of aryl methyl sites for hydroxylation is 1. The Kier molecular flexibility index (Phi) is 7.32. The van der Waals surface area contributed by atoms with Crippen molar-refractivity contribution >= 4 is 5.97 Å². The topological polar surface area (TPSA) is 195 Å². The fraction of sp³-hybridized carbons (Fsp3) is 0.450. The van der Waals surface area contributed by atoms with E-state index in [9.17, 15) is 44.4 Å². The van der Waals surface area contributed by atoms with Crippen LogP contribution in [0.15, 0.2) is 40.1 Å². The van der Waals surface area contributed by atoms with Crippen LogP contribution in [0.1, 0.15) is 21.5 Å². The number of aliphatic hydroxyl groups is 4. The molecule has 1 aromatic carbocycles. The van der Waals surface area contributed by atoms with Crippen LogP contribution in [0.2, 0.25) is 0 Å². The number of hydroxylamine groups is 2. The summed E-state index contributed by atoms with van der Waals surface area (Å²) in [4.78, 5) is 38.4. The first-order chi connectivity index (χ1) is 16.0. The Labute approximate surface area is 190 Å². The minimum atomic E-state index is -3.34. The maximum Gasteiger partial charge on any atom is 0.345 e. The molecule has 3 rings (SSSR count). The number of ether oxygens (including phenoxy) is 2. The van der Waals surface area contributed by atoms with Crippen LogP contribution in [-0.2, 0) is 21.9 Å². The minimum Gasteiger partial charge on any atom is -0.459 e. The number of esters is 1. The van der Waals surface area contributed by atoms with E-state index >= 15 is 0 Å². The first kappa shape index (κ1) is 25.6. The molecule has 0 amide bonds. The molecule has 34 heavy (non-hydrogen) atoms. The average molecular weight is 485 g/mol. The largest absolute Gasteiger partial charge is 0.459 e. The molecule has 2 heterocycles. The number of nitrogens with one attached hydrogen (secondary N) is 1. The van der Waals surface area contributed by atoms with Gasteiger partial charge < -0.3 is 35.1 Å². The number of hydrogen-bond acceptors (Lipinski definition) is 11. The highest BCUT2D eigenvalue weighted by molar-refractivity contribution is 5.88. The second-order valence-electron chi connectivity index (χ2n) is 7.66. The molecule has 1 aromatic heterocycles. The standard InChI is InChI=1S/C20H24FN3O10/c1-11-3-2-4-12(7-11)8-24(32)19(30)15(26)14(10-25)34-20(19,31)23-9-13(16(27)22-18(23)29)17(28)33-6-5-21/h2-4,7,9,14-15,25-26,30-32H,5-6,8,10H2,1H3,(H,22,27,29)/t14-,15-,19-,20-/m1/s1. The maximum atomic E-state index is 12.5. The minimum absolute atomic E-state index is 0.0980. The van der Waals surface area contributed by atoms with Crippen LogP contribution in [0.4, 0.5) is 4.39 Å². The van der Waals surface area contributed by atoms with Gasteiger partial charge in [0.15, 0.2) is 0 Å². The molecule has 2 aromatic rings. The Balaban J connectivity index is 2.13. The Hall–Kier alpha value is -2.98. The number of carbonyl (C=O) groups is 1. The van der Waals surface area contributed by atoms with Crippen molar-refractivity contribution in [1.29, 1.82) is 0 Å². The molecule has 0 spiro atoms. The highest BCUT2D eigenvalue weighted by Crippen LogP contribution is 2.43. The predicted molar refractivity (Wildman–Crippen MR) is 109 cm³/mol. The van der Waals surface area contributed by atoms with Gasteiger partial charge in [-0.1, -0.05) is 29.8 Å². The van der Waals surface area contributed by atoms with Crippen molar-refractivity contribution in [2.45, 2.75) is 37.3 Å². The fourth-order valence-corrected chi connectivity index (χ4v) is 3.66. The number of rotatable bonds is 8. The Morgan fingerprint density at radius 1 is 1.35 bits per heavy atom. The summed E-state index contributed by atoms with van der Waals surface area (Å²) in [5.74, 6) is -4.70. The highest BCUT2D eigenvalue weighted by atomic mass is 19.1. The number of halogens is 1. The molecule has 1 aliphatic heterocycles. The van der Waals surface area contributed by atoms with E-state index in [1.54, 1.807) is 36.2 Å². The monoisotopic (exact) mass is 485 g/mol. The highest BCUT2D eigenvalue weighted by Gasteiger charge is 2.70. The zero-order valence-electron chi connectivity index (χ0n) is 17.9. The molecule has 186 valence electrons. The number of benzene rings is 1. The first-order valence-electron chi connectivity index (χ1n) is 10.0. The SMILES string of the molecule is Cc1cccc(CN(O)[C@@]2(O)[C@H](O)[C@@H](CO)O[C@@]2(O)n2cc(C(=O)OCCF)c(=O)[nH]c2=O)c1. The maximum absolute atomic E-state index is 12.5. The Bertz CT molecular complexity index is 1170. The van der Waals surface area contributed by atoms with E-state index in [2.05, 4.69) is 4.74 Å². The lowest BCUT2D eigenvalue weighted by molar-refractivity contribution is -0.413. The normalized spacial score (nSPS) is 26.7. The summed E-state index contributed by atoms with van der Waals surface area (Å²) in [6, 6.07) is 6.60. The summed E-state index contributed by atoms with van der Waals surface area (Å²) in [6.07, 6.45) is -3.46. The summed E-state index contributed by atoms with van der Waals surface area (Å²) >= 11 is 0.